The van der Waals surface area contributed by atoms with Crippen LogP contribution in [-0.2, 0) is 7.05 Å². The van der Waals surface area contributed by atoms with Gasteiger partial charge in [-0.15, -0.1) is 0 Å². The topological polar surface area (TPSA) is 42.7 Å². The molecule has 0 bridgehead atoms. The zero-order valence-corrected chi connectivity index (χ0v) is 13.2. The lowest BCUT2D eigenvalue weighted by Crippen LogP contribution is -2.27. The van der Waals surface area contributed by atoms with E-state index in [1.807, 2.05) is 17.9 Å². The molecule has 2 heterocycles. The van der Waals surface area contributed by atoms with Gasteiger partial charge in [-0.1, -0.05) is 24.6 Å². The summed E-state index contributed by atoms with van der Waals surface area (Å²) in [5.74, 6) is 0. The van der Waals surface area contributed by atoms with E-state index in [9.17, 15) is 0 Å². The lowest BCUT2D eigenvalue weighted by Gasteiger charge is -2.21. The molecule has 0 aromatic carbocycles. The van der Waals surface area contributed by atoms with Gasteiger partial charge in [0.2, 0.25) is 0 Å². The lowest BCUT2D eigenvalue weighted by molar-refractivity contribution is 0.541. The van der Waals surface area contributed by atoms with Crippen LogP contribution < -0.4 is 5.32 Å². The van der Waals surface area contributed by atoms with Gasteiger partial charge >= 0.3 is 0 Å². The molecule has 0 fully saturated rings. The molecule has 0 aliphatic rings. The second-order valence-corrected chi connectivity index (χ2v) is 5.51. The Morgan fingerprint density at radius 1 is 1.35 bits per heavy atom. The van der Waals surface area contributed by atoms with Crippen LogP contribution in [0.1, 0.15) is 41.9 Å². The first-order valence-corrected chi connectivity index (χ1v) is 7.26. The minimum Gasteiger partial charge on any atom is -0.304 e. The van der Waals surface area contributed by atoms with Crippen molar-refractivity contribution in [3.05, 3.63) is 46.0 Å². The van der Waals surface area contributed by atoms with Crippen molar-refractivity contribution in [3.8, 4) is 0 Å². The molecule has 2 aromatic rings. The Morgan fingerprint density at radius 2 is 2.10 bits per heavy atom. The van der Waals surface area contributed by atoms with Crippen molar-refractivity contribution in [2.24, 2.45) is 7.05 Å². The summed E-state index contributed by atoms with van der Waals surface area (Å²) in [6.07, 6.45) is 4.63. The predicted octanol–water partition coefficient (Wildman–Crippen LogP) is 3.17. The van der Waals surface area contributed by atoms with Gasteiger partial charge in [-0.3, -0.25) is 9.67 Å². The van der Waals surface area contributed by atoms with Crippen molar-refractivity contribution in [3.63, 3.8) is 0 Å². The van der Waals surface area contributed by atoms with E-state index in [4.69, 9.17) is 11.6 Å². The summed E-state index contributed by atoms with van der Waals surface area (Å²) in [5.41, 5.74) is 4.29. The average molecular weight is 293 g/mol. The van der Waals surface area contributed by atoms with Gasteiger partial charge < -0.3 is 5.32 Å². The molecule has 2 rings (SSSR count). The number of hydrogen-bond acceptors (Lipinski definition) is 3. The first-order chi connectivity index (χ1) is 9.54. The van der Waals surface area contributed by atoms with Crippen molar-refractivity contribution in [1.29, 1.82) is 0 Å². The highest BCUT2D eigenvalue weighted by Crippen LogP contribution is 2.28. The fraction of sp³-hybridized carbons (Fsp3) is 0.467. The van der Waals surface area contributed by atoms with Crippen LogP contribution in [0, 0.1) is 13.8 Å². The van der Waals surface area contributed by atoms with E-state index in [0.717, 1.165) is 35.5 Å². The molecular formula is C15H21ClN4. The Hall–Kier alpha value is -1.39. The maximum Gasteiger partial charge on any atom is 0.0939 e. The number of nitrogens with zero attached hydrogens (tertiary/aromatic N) is 3. The van der Waals surface area contributed by atoms with E-state index in [2.05, 4.69) is 42.2 Å². The van der Waals surface area contributed by atoms with Gasteiger partial charge in [0, 0.05) is 13.2 Å². The van der Waals surface area contributed by atoms with Crippen LogP contribution in [0.2, 0.25) is 5.02 Å². The molecule has 5 heteroatoms. The molecule has 108 valence electrons. The summed E-state index contributed by atoms with van der Waals surface area (Å²) in [7, 11) is 1.91. The molecule has 1 atom stereocenters. The van der Waals surface area contributed by atoms with Gasteiger partial charge in [0.1, 0.15) is 0 Å². The minimum absolute atomic E-state index is 0.0319. The van der Waals surface area contributed by atoms with Gasteiger partial charge in [0.25, 0.3) is 0 Å². The normalized spacial score (nSPS) is 12.7. The zero-order chi connectivity index (χ0) is 14.7. The zero-order valence-electron chi connectivity index (χ0n) is 12.4. The maximum atomic E-state index is 6.30. The van der Waals surface area contributed by atoms with Crippen LogP contribution in [0.5, 0.6) is 0 Å². The third-order valence-corrected chi connectivity index (χ3v) is 3.63. The van der Waals surface area contributed by atoms with Crippen LogP contribution in [0.4, 0.5) is 0 Å². The third-order valence-electron chi connectivity index (χ3n) is 3.34. The minimum atomic E-state index is -0.0319. The third kappa shape index (κ3) is 3.02. The molecular weight excluding hydrogens is 272 g/mol. The molecule has 20 heavy (non-hydrogen) atoms. The lowest BCUT2D eigenvalue weighted by atomic mass is 10.0. The van der Waals surface area contributed by atoms with Gasteiger partial charge in [-0.2, -0.15) is 5.10 Å². The van der Waals surface area contributed by atoms with E-state index in [1.54, 1.807) is 6.20 Å². The predicted molar refractivity (Wildman–Crippen MR) is 82.1 cm³/mol. The summed E-state index contributed by atoms with van der Waals surface area (Å²) in [6.45, 7) is 7.18. The highest BCUT2D eigenvalue weighted by atomic mass is 35.5. The Kier molecular flexibility index (Phi) is 4.78. The summed E-state index contributed by atoms with van der Waals surface area (Å²) >= 11 is 6.30. The van der Waals surface area contributed by atoms with E-state index in [0.29, 0.717) is 5.02 Å². The summed E-state index contributed by atoms with van der Waals surface area (Å²) in [5, 5.41) is 8.43. The van der Waals surface area contributed by atoms with Crippen molar-refractivity contribution in [2.75, 3.05) is 6.54 Å². The van der Waals surface area contributed by atoms with Crippen molar-refractivity contribution in [2.45, 2.75) is 33.2 Å². The van der Waals surface area contributed by atoms with Gasteiger partial charge in [-0.25, -0.2) is 0 Å². The summed E-state index contributed by atoms with van der Waals surface area (Å²) in [4.78, 5) is 4.61. The van der Waals surface area contributed by atoms with E-state index in [1.165, 1.54) is 0 Å². The van der Waals surface area contributed by atoms with Crippen molar-refractivity contribution >= 4 is 11.6 Å². The fourth-order valence-corrected chi connectivity index (χ4v) is 2.66. The molecule has 0 saturated heterocycles. The number of nitrogens with one attached hydrogen (secondary N) is 1. The Labute approximate surface area is 125 Å². The average Bonchev–Trinajstić information content (AvgIpc) is 2.72. The van der Waals surface area contributed by atoms with Crippen molar-refractivity contribution < 1.29 is 0 Å². The monoisotopic (exact) mass is 292 g/mol. The second-order valence-electron chi connectivity index (χ2n) is 5.10. The highest BCUT2D eigenvalue weighted by Gasteiger charge is 2.23. The SMILES string of the molecule is CCCNC(c1ncc(C)cc1C)c1c(Cl)cnn1C. The number of rotatable bonds is 5. The molecule has 1 unspecified atom stereocenters. The first-order valence-electron chi connectivity index (χ1n) is 6.88. The molecule has 0 spiro atoms. The smallest absolute Gasteiger partial charge is 0.0939 e. The first kappa shape index (κ1) is 15.0. The van der Waals surface area contributed by atoms with E-state index < -0.39 is 0 Å². The van der Waals surface area contributed by atoms with Gasteiger partial charge in [0.05, 0.1) is 28.6 Å². The quantitative estimate of drug-likeness (QED) is 0.920. The second kappa shape index (κ2) is 6.37. The van der Waals surface area contributed by atoms with Crippen molar-refractivity contribution in [1.82, 2.24) is 20.1 Å². The molecule has 2 aromatic heterocycles. The van der Waals surface area contributed by atoms with Crippen LogP contribution in [0.25, 0.3) is 0 Å². The van der Waals surface area contributed by atoms with E-state index in [-0.39, 0.29) is 6.04 Å². The summed E-state index contributed by atoms with van der Waals surface area (Å²) < 4.78 is 1.82. The Balaban J connectivity index is 2.47. The van der Waals surface area contributed by atoms with E-state index >= 15 is 0 Å². The number of pyridine rings is 1. The summed E-state index contributed by atoms with van der Waals surface area (Å²) in [6, 6.07) is 2.11. The fourth-order valence-electron chi connectivity index (χ4n) is 2.38. The van der Waals surface area contributed by atoms with Gasteiger partial charge in [-0.05, 0) is 37.9 Å². The molecule has 1 N–H and O–H groups in total. The standard InChI is InChI=1S/C15H21ClN4/c1-5-6-17-14(15-12(16)9-19-20(15)4)13-11(3)7-10(2)8-18-13/h7-9,14,17H,5-6H2,1-4H3. The van der Waals surface area contributed by atoms with Crippen LogP contribution >= 0.6 is 11.6 Å². The number of halogens is 1. The molecule has 4 nitrogen and oxygen atoms in total. The number of hydrogen-bond donors (Lipinski definition) is 1. The number of aromatic nitrogens is 3. The van der Waals surface area contributed by atoms with Crippen LogP contribution in [0.15, 0.2) is 18.5 Å². The Bertz CT molecular complexity index is 572. The Morgan fingerprint density at radius 3 is 2.65 bits per heavy atom. The van der Waals surface area contributed by atoms with Crippen LogP contribution in [0.3, 0.4) is 0 Å². The maximum absolute atomic E-state index is 6.30. The molecule has 0 amide bonds. The molecule has 0 radical (unpaired) electrons. The largest absolute Gasteiger partial charge is 0.304 e. The highest BCUT2D eigenvalue weighted by molar-refractivity contribution is 6.31. The molecule has 0 aliphatic carbocycles. The molecule has 0 saturated carbocycles. The van der Waals surface area contributed by atoms with Crippen LogP contribution in [-0.4, -0.2) is 21.3 Å². The molecule has 0 aliphatic heterocycles. The van der Waals surface area contributed by atoms with Gasteiger partial charge in [0.15, 0.2) is 0 Å². The number of aryl methyl sites for hydroxylation is 3.